The molecule has 0 aromatic heterocycles. The van der Waals surface area contributed by atoms with Crippen LogP contribution in [0, 0.1) is 11.6 Å². The number of benzene rings is 1. The lowest BCUT2D eigenvalue weighted by atomic mass is 10.0. The highest BCUT2D eigenvalue weighted by molar-refractivity contribution is 5.22. The van der Waals surface area contributed by atoms with Crippen LogP contribution in [0.3, 0.4) is 0 Å². The van der Waals surface area contributed by atoms with Gasteiger partial charge in [0.2, 0.25) is 0 Å². The van der Waals surface area contributed by atoms with Gasteiger partial charge in [-0.1, -0.05) is 12.1 Å². The average Bonchev–Trinajstić information content (AvgIpc) is 2.25. The first kappa shape index (κ1) is 12.0. The van der Waals surface area contributed by atoms with Crippen molar-refractivity contribution < 1.29 is 13.5 Å². The summed E-state index contributed by atoms with van der Waals surface area (Å²) < 4.78 is 31.1. The van der Waals surface area contributed by atoms with Crippen molar-refractivity contribution >= 4 is 0 Å². The summed E-state index contributed by atoms with van der Waals surface area (Å²) in [5.41, 5.74) is 2.65. The maximum absolute atomic E-state index is 13.4. The van der Waals surface area contributed by atoms with Crippen molar-refractivity contribution in [3.63, 3.8) is 0 Å². The summed E-state index contributed by atoms with van der Waals surface area (Å²) in [4.78, 5) is 0. The lowest BCUT2D eigenvalue weighted by Gasteiger charge is -2.16. The first-order chi connectivity index (χ1) is 7.20. The molecule has 0 spiro atoms. The number of hydrazine groups is 1. The number of methoxy groups -OCH3 is 1. The van der Waals surface area contributed by atoms with Crippen LogP contribution in [0.25, 0.3) is 0 Å². The van der Waals surface area contributed by atoms with Gasteiger partial charge in [-0.3, -0.25) is 11.3 Å². The molecule has 0 saturated carbocycles. The van der Waals surface area contributed by atoms with Crippen LogP contribution in [0.1, 0.15) is 18.0 Å². The second kappa shape index (κ2) is 5.75. The Hall–Kier alpha value is -1.04. The number of hydrogen-bond acceptors (Lipinski definition) is 3. The van der Waals surface area contributed by atoms with E-state index in [0.29, 0.717) is 13.0 Å². The molecule has 3 N–H and O–H groups in total. The number of hydrogen-bond donors (Lipinski definition) is 2. The fourth-order valence-electron chi connectivity index (χ4n) is 1.35. The van der Waals surface area contributed by atoms with Gasteiger partial charge in [-0.05, 0) is 12.5 Å². The molecule has 1 atom stereocenters. The average molecular weight is 216 g/mol. The third-order valence-electron chi connectivity index (χ3n) is 2.17. The lowest BCUT2D eigenvalue weighted by Crippen LogP contribution is -2.29. The van der Waals surface area contributed by atoms with Crippen molar-refractivity contribution in [1.82, 2.24) is 5.43 Å². The molecule has 0 aliphatic carbocycles. The first-order valence-corrected chi connectivity index (χ1v) is 4.59. The van der Waals surface area contributed by atoms with Gasteiger partial charge in [0.1, 0.15) is 0 Å². The van der Waals surface area contributed by atoms with E-state index in [1.807, 2.05) is 0 Å². The van der Waals surface area contributed by atoms with Crippen LogP contribution in [0.15, 0.2) is 18.2 Å². The number of halogens is 2. The quantitative estimate of drug-likeness (QED) is 0.579. The Balaban J connectivity index is 2.86. The monoisotopic (exact) mass is 216 g/mol. The van der Waals surface area contributed by atoms with Crippen LogP contribution in [-0.2, 0) is 4.74 Å². The zero-order chi connectivity index (χ0) is 11.3. The summed E-state index contributed by atoms with van der Waals surface area (Å²) in [5.74, 6) is 3.54. The van der Waals surface area contributed by atoms with Crippen LogP contribution < -0.4 is 11.3 Å². The largest absolute Gasteiger partial charge is 0.385 e. The number of nitrogens with two attached hydrogens (primary N) is 1. The molecule has 84 valence electrons. The molecule has 0 aliphatic rings. The standard InChI is InChI=1S/C10H14F2N2O/c1-15-6-5-9(14-13)7-3-2-4-8(11)10(7)12/h2-4,9,14H,5-6,13H2,1H3. The SMILES string of the molecule is COCCC(NN)c1cccc(F)c1F. The Morgan fingerprint density at radius 3 is 2.80 bits per heavy atom. The third kappa shape index (κ3) is 2.95. The number of ether oxygens (including phenoxy) is 1. The highest BCUT2D eigenvalue weighted by atomic mass is 19.2. The molecular weight excluding hydrogens is 202 g/mol. The molecule has 15 heavy (non-hydrogen) atoms. The third-order valence-corrected chi connectivity index (χ3v) is 2.17. The second-order valence-corrected chi connectivity index (χ2v) is 3.14. The minimum Gasteiger partial charge on any atom is -0.385 e. The van der Waals surface area contributed by atoms with Crippen molar-refractivity contribution in [2.45, 2.75) is 12.5 Å². The molecule has 0 bridgehead atoms. The van der Waals surface area contributed by atoms with Crippen molar-refractivity contribution in [3.05, 3.63) is 35.4 Å². The topological polar surface area (TPSA) is 47.3 Å². The zero-order valence-corrected chi connectivity index (χ0v) is 8.47. The summed E-state index contributed by atoms with van der Waals surface area (Å²) in [6.45, 7) is 0.421. The second-order valence-electron chi connectivity index (χ2n) is 3.14. The van der Waals surface area contributed by atoms with Gasteiger partial charge in [-0.25, -0.2) is 8.78 Å². The van der Waals surface area contributed by atoms with E-state index in [4.69, 9.17) is 10.6 Å². The van der Waals surface area contributed by atoms with Gasteiger partial charge < -0.3 is 4.74 Å². The lowest BCUT2D eigenvalue weighted by molar-refractivity contribution is 0.182. The fourth-order valence-corrected chi connectivity index (χ4v) is 1.35. The van der Waals surface area contributed by atoms with Crippen molar-refractivity contribution in [1.29, 1.82) is 0 Å². The van der Waals surface area contributed by atoms with Crippen LogP contribution in [0.2, 0.25) is 0 Å². The Labute approximate surface area is 87.2 Å². The van der Waals surface area contributed by atoms with E-state index in [1.54, 1.807) is 0 Å². The van der Waals surface area contributed by atoms with E-state index in [2.05, 4.69) is 5.43 Å². The summed E-state index contributed by atoms with van der Waals surface area (Å²) in [6.07, 6.45) is 0.480. The Bertz CT molecular complexity index is 320. The van der Waals surface area contributed by atoms with Gasteiger partial charge >= 0.3 is 0 Å². The highest BCUT2D eigenvalue weighted by Crippen LogP contribution is 2.21. The molecule has 1 unspecified atom stereocenters. The molecule has 5 heteroatoms. The molecule has 0 radical (unpaired) electrons. The van der Waals surface area contributed by atoms with Gasteiger partial charge in [0.25, 0.3) is 0 Å². The van der Waals surface area contributed by atoms with E-state index >= 15 is 0 Å². The smallest absolute Gasteiger partial charge is 0.163 e. The van der Waals surface area contributed by atoms with E-state index in [-0.39, 0.29) is 5.56 Å². The predicted octanol–water partition coefficient (Wildman–Crippen LogP) is 1.51. The molecule has 1 aromatic rings. The fraction of sp³-hybridized carbons (Fsp3) is 0.400. The molecule has 3 nitrogen and oxygen atoms in total. The Kier molecular flexibility index (Phi) is 4.61. The van der Waals surface area contributed by atoms with E-state index in [0.717, 1.165) is 6.07 Å². The highest BCUT2D eigenvalue weighted by Gasteiger charge is 2.16. The Morgan fingerprint density at radius 1 is 1.47 bits per heavy atom. The summed E-state index contributed by atoms with van der Waals surface area (Å²) >= 11 is 0. The van der Waals surface area contributed by atoms with Crippen LogP contribution in [-0.4, -0.2) is 13.7 Å². The van der Waals surface area contributed by atoms with Gasteiger partial charge in [0.15, 0.2) is 11.6 Å². The van der Waals surface area contributed by atoms with Crippen LogP contribution in [0.5, 0.6) is 0 Å². The Morgan fingerprint density at radius 2 is 2.20 bits per heavy atom. The molecule has 0 fully saturated rings. The summed E-state index contributed by atoms with van der Waals surface area (Å²) in [6, 6.07) is 3.58. The molecule has 0 saturated heterocycles. The maximum Gasteiger partial charge on any atom is 0.163 e. The molecule has 0 aliphatic heterocycles. The zero-order valence-electron chi connectivity index (χ0n) is 8.47. The number of nitrogens with one attached hydrogen (secondary N) is 1. The van der Waals surface area contributed by atoms with E-state index in [1.165, 1.54) is 19.2 Å². The van der Waals surface area contributed by atoms with Crippen LogP contribution >= 0.6 is 0 Å². The van der Waals surface area contributed by atoms with Gasteiger partial charge in [-0.15, -0.1) is 0 Å². The van der Waals surface area contributed by atoms with Gasteiger partial charge in [0, 0.05) is 19.3 Å². The van der Waals surface area contributed by atoms with E-state index < -0.39 is 17.7 Å². The molecule has 0 heterocycles. The number of rotatable bonds is 5. The maximum atomic E-state index is 13.4. The summed E-state index contributed by atoms with van der Waals surface area (Å²) in [7, 11) is 1.54. The molecule has 0 amide bonds. The van der Waals surface area contributed by atoms with Crippen molar-refractivity contribution in [2.75, 3.05) is 13.7 Å². The summed E-state index contributed by atoms with van der Waals surface area (Å²) in [5, 5.41) is 0. The minimum atomic E-state index is -0.870. The van der Waals surface area contributed by atoms with Crippen LogP contribution in [0.4, 0.5) is 8.78 Å². The first-order valence-electron chi connectivity index (χ1n) is 4.59. The predicted molar refractivity (Wildman–Crippen MR) is 52.9 cm³/mol. The molecule has 1 rings (SSSR count). The normalized spacial score (nSPS) is 12.8. The van der Waals surface area contributed by atoms with Crippen molar-refractivity contribution in [2.24, 2.45) is 5.84 Å². The van der Waals surface area contributed by atoms with Gasteiger partial charge in [-0.2, -0.15) is 0 Å². The minimum absolute atomic E-state index is 0.217. The van der Waals surface area contributed by atoms with Gasteiger partial charge in [0.05, 0.1) is 6.04 Å². The molecule has 1 aromatic carbocycles. The molecular formula is C10H14F2N2O. The van der Waals surface area contributed by atoms with Crippen molar-refractivity contribution in [3.8, 4) is 0 Å². The van der Waals surface area contributed by atoms with E-state index in [9.17, 15) is 8.78 Å².